The molecule has 1 aromatic carbocycles. The lowest BCUT2D eigenvalue weighted by Gasteiger charge is -2.39. The SMILES string of the molecule is NC1CC12CN(C(=O)OCc1ccccc1)C2. The molecule has 2 N–H and O–H groups in total. The first-order chi connectivity index (χ1) is 8.20. The average Bonchev–Trinajstić information content (AvgIpc) is 2.97. The van der Waals surface area contributed by atoms with Crippen molar-refractivity contribution in [1.29, 1.82) is 0 Å². The first-order valence-corrected chi connectivity index (χ1v) is 5.91. The third-order valence-electron chi connectivity index (χ3n) is 3.73. The van der Waals surface area contributed by atoms with Crippen molar-refractivity contribution >= 4 is 6.09 Å². The van der Waals surface area contributed by atoms with E-state index in [2.05, 4.69) is 0 Å². The number of nitrogens with two attached hydrogens (primary N) is 1. The average molecular weight is 232 g/mol. The molecule has 3 rings (SSSR count). The zero-order valence-corrected chi connectivity index (χ0v) is 9.63. The summed E-state index contributed by atoms with van der Waals surface area (Å²) in [5.41, 5.74) is 7.07. The predicted molar refractivity (Wildman–Crippen MR) is 63.2 cm³/mol. The predicted octanol–water partition coefficient (Wildman–Crippen LogP) is 1.36. The Balaban J connectivity index is 1.46. The highest BCUT2D eigenvalue weighted by Crippen LogP contribution is 2.51. The zero-order valence-electron chi connectivity index (χ0n) is 9.63. The van der Waals surface area contributed by atoms with Crippen molar-refractivity contribution in [2.75, 3.05) is 13.1 Å². The Kier molecular flexibility index (Phi) is 2.33. The molecule has 0 aromatic heterocycles. The summed E-state index contributed by atoms with van der Waals surface area (Å²) in [6, 6.07) is 10.00. The largest absolute Gasteiger partial charge is 0.445 e. The van der Waals surface area contributed by atoms with E-state index in [1.165, 1.54) is 0 Å². The van der Waals surface area contributed by atoms with Gasteiger partial charge in [0, 0.05) is 24.5 Å². The van der Waals surface area contributed by atoms with Gasteiger partial charge in [-0.3, -0.25) is 0 Å². The molecule has 2 fully saturated rings. The first-order valence-electron chi connectivity index (χ1n) is 5.91. The number of carbonyl (C=O) groups excluding carboxylic acids is 1. The summed E-state index contributed by atoms with van der Waals surface area (Å²) >= 11 is 0. The summed E-state index contributed by atoms with van der Waals surface area (Å²) < 4.78 is 5.23. The van der Waals surface area contributed by atoms with Gasteiger partial charge in [-0.15, -0.1) is 0 Å². The van der Waals surface area contributed by atoms with Crippen LogP contribution < -0.4 is 5.73 Å². The number of benzene rings is 1. The van der Waals surface area contributed by atoms with Gasteiger partial charge in [0.15, 0.2) is 0 Å². The zero-order chi connectivity index (χ0) is 11.9. The maximum absolute atomic E-state index is 11.7. The van der Waals surface area contributed by atoms with Crippen LogP contribution in [0.25, 0.3) is 0 Å². The summed E-state index contributed by atoms with van der Waals surface area (Å²) in [5, 5.41) is 0. The minimum absolute atomic E-state index is 0.224. The molecular formula is C13H16N2O2. The van der Waals surface area contributed by atoms with E-state index in [4.69, 9.17) is 10.5 Å². The number of amides is 1. The second kappa shape index (κ2) is 3.74. The lowest BCUT2D eigenvalue weighted by molar-refractivity contribution is 0.0390. The number of nitrogens with zero attached hydrogens (tertiary/aromatic N) is 1. The van der Waals surface area contributed by atoms with E-state index < -0.39 is 0 Å². The smallest absolute Gasteiger partial charge is 0.410 e. The highest BCUT2D eigenvalue weighted by atomic mass is 16.6. The molecule has 1 heterocycles. The maximum Gasteiger partial charge on any atom is 0.410 e. The van der Waals surface area contributed by atoms with E-state index >= 15 is 0 Å². The highest BCUT2D eigenvalue weighted by molar-refractivity contribution is 5.69. The molecule has 4 heteroatoms. The van der Waals surface area contributed by atoms with Crippen LogP contribution in [0.3, 0.4) is 0 Å². The molecule has 0 radical (unpaired) electrons. The molecule has 2 aliphatic rings. The van der Waals surface area contributed by atoms with Crippen LogP contribution in [0.1, 0.15) is 12.0 Å². The van der Waals surface area contributed by atoms with Crippen LogP contribution in [0.5, 0.6) is 0 Å². The number of rotatable bonds is 2. The van der Waals surface area contributed by atoms with E-state index in [-0.39, 0.29) is 11.5 Å². The Morgan fingerprint density at radius 2 is 2.06 bits per heavy atom. The molecule has 1 amide bonds. The Hall–Kier alpha value is -1.55. The standard InChI is InChI=1S/C13H16N2O2/c14-11-6-13(11)8-15(9-13)12(16)17-7-10-4-2-1-3-5-10/h1-5,11H,6-9,14H2. The fourth-order valence-corrected chi connectivity index (χ4v) is 2.40. The van der Waals surface area contributed by atoms with E-state index in [1.807, 2.05) is 30.3 Å². The van der Waals surface area contributed by atoms with Crippen LogP contribution in [-0.2, 0) is 11.3 Å². The van der Waals surface area contributed by atoms with Crippen molar-refractivity contribution in [1.82, 2.24) is 4.90 Å². The maximum atomic E-state index is 11.7. The normalized spacial score (nSPS) is 24.3. The van der Waals surface area contributed by atoms with Gasteiger partial charge in [-0.2, -0.15) is 0 Å². The van der Waals surface area contributed by atoms with Crippen molar-refractivity contribution in [3.8, 4) is 0 Å². The Bertz CT molecular complexity index is 426. The van der Waals surface area contributed by atoms with E-state index in [9.17, 15) is 4.79 Å². The Morgan fingerprint density at radius 1 is 1.41 bits per heavy atom. The van der Waals surface area contributed by atoms with Gasteiger partial charge in [0.05, 0.1) is 0 Å². The van der Waals surface area contributed by atoms with Crippen LogP contribution in [-0.4, -0.2) is 30.1 Å². The molecule has 1 unspecified atom stereocenters. The first kappa shape index (κ1) is 10.6. The van der Waals surface area contributed by atoms with Crippen molar-refractivity contribution in [3.05, 3.63) is 35.9 Å². The molecule has 1 saturated heterocycles. The minimum atomic E-state index is -0.224. The lowest BCUT2D eigenvalue weighted by atomic mass is 9.97. The molecule has 1 spiro atoms. The van der Waals surface area contributed by atoms with Gasteiger partial charge in [-0.1, -0.05) is 30.3 Å². The quantitative estimate of drug-likeness (QED) is 0.837. The molecule has 1 aliphatic heterocycles. The van der Waals surface area contributed by atoms with Gasteiger partial charge in [-0.25, -0.2) is 4.79 Å². The van der Waals surface area contributed by atoms with Crippen LogP contribution in [0.2, 0.25) is 0 Å². The second-order valence-corrected chi connectivity index (χ2v) is 5.07. The third kappa shape index (κ3) is 1.89. The summed E-state index contributed by atoms with van der Waals surface area (Å²) in [4.78, 5) is 13.4. The third-order valence-corrected chi connectivity index (χ3v) is 3.73. The van der Waals surface area contributed by atoms with Crippen molar-refractivity contribution < 1.29 is 9.53 Å². The fourth-order valence-electron chi connectivity index (χ4n) is 2.40. The number of likely N-dealkylation sites (tertiary alicyclic amines) is 1. The van der Waals surface area contributed by atoms with Gasteiger partial charge >= 0.3 is 6.09 Å². The van der Waals surface area contributed by atoms with Gasteiger partial charge < -0.3 is 15.4 Å². The van der Waals surface area contributed by atoms with Crippen LogP contribution >= 0.6 is 0 Å². The molecule has 0 bridgehead atoms. The summed E-state index contributed by atoms with van der Waals surface area (Å²) in [6.07, 6.45) is 0.828. The monoisotopic (exact) mass is 232 g/mol. The molecule has 1 atom stereocenters. The van der Waals surface area contributed by atoms with Crippen molar-refractivity contribution in [2.24, 2.45) is 11.1 Å². The molecule has 1 aliphatic carbocycles. The van der Waals surface area contributed by atoms with Gasteiger partial charge in [-0.05, 0) is 12.0 Å². The number of hydrogen-bond acceptors (Lipinski definition) is 3. The lowest BCUT2D eigenvalue weighted by Crippen LogP contribution is -2.54. The molecule has 1 saturated carbocycles. The second-order valence-electron chi connectivity index (χ2n) is 5.07. The van der Waals surface area contributed by atoms with E-state index in [0.29, 0.717) is 12.6 Å². The number of ether oxygens (including phenoxy) is 1. The topological polar surface area (TPSA) is 55.6 Å². The summed E-state index contributed by atoms with van der Waals surface area (Å²) in [7, 11) is 0. The van der Waals surface area contributed by atoms with Gasteiger partial charge in [0.1, 0.15) is 6.61 Å². The van der Waals surface area contributed by atoms with Crippen LogP contribution in [0.4, 0.5) is 4.79 Å². The summed E-state index contributed by atoms with van der Waals surface area (Å²) in [6.45, 7) is 1.87. The molecule has 4 nitrogen and oxygen atoms in total. The summed E-state index contributed by atoms with van der Waals surface area (Å²) in [5.74, 6) is 0. The molecular weight excluding hydrogens is 216 g/mol. The molecule has 90 valence electrons. The highest BCUT2D eigenvalue weighted by Gasteiger charge is 2.61. The Morgan fingerprint density at radius 3 is 2.65 bits per heavy atom. The van der Waals surface area contributed by atoms with Crippen LogP contribution in [0, 0.1) is 5.41 Å². The van der Waals surface area contributed by atoms with Crippen LogP contribution in [0.15, 0.2) is 30.3 Å². The van der Waals surface area contributed by atoms with Gasteiger partial charge in [0.2, 0.25) is 0 Å². The number of carbonyl (C=O) groups is 1. The Labute approximate surface area is 100 Å². The van der Waals surface area contributed by atoms with Crippen molar-refractivity contribution in [2.45, 2.75) is 19.1 Å². The molecule has 1 aromatic rings. The van der Waals surface area contributed by atoms with E-state index in [1.54, 1.807) is 4.90 Å². The van der Waals surface area contributed by atoms with Gasteiger partial charge in [0.25, 0.3) is 0 Å². The van der Waals surface area contributed by atoms with Crippen molar-refractivity contribution in [3.63, 3.8) is 0 Å². The fraction of sp³-hybridized carbons (Fsp3) is 0.462. The van der Waals surface area contributed by atoms with E-state index in [0.717, 1.165) is 25.1 Å². The molecule has 17 heavy (non-hydrogen) atoms. The minimum Gasteiger partial charge on any atom is -0.445 e. The number of hydrogen-bond donors (Lipinski definition) is 1.